The number of nitrogens with one attached hydrogen (secondary N) is 1. The molecule has 0 aromatic carbocycles. The molecule has 0 spiro atoms. The van der Waals surface area contributed by atoms with Crippen LogP contribution in [-0.2, 0) is 11.2 Å². The molecule has 1 amide bonds. The van der Waals surface area contributed by atoms with E-state index in [1.807, 2.05) is 6.92 Å². The Morgan fingerprint density at radius 2 is 2.33 bits per heavy atom. The standard InChI is InChI=1S/C11H15N5OS/c1-7-13-14-11-16(7)15-9(18-11)5-6-12-10(17)8-3-2-4-8/h8H,2-6H2,1H3,(H,12,17). The molecular formula is C11H15N5OS. The molecule has 2 aromatic heterocycles. The maximum Gasteiger partial charge on any atom is 0.234 e. The van der Waals surface area contributed by atoms with Crippen molar-refractivity contribution in [1.29, 1.82) is 0 Å². The molecule has 1 aliphatic carbocycles. The SMILES string of the molecule is Cc1nnc2sc(CCNC(=O)C3CCC3)nn12. The van der Waals surface area contributed by atoms with Crippen LogP contribution in [0.3, 0.4) is 0 Å². The molecule has 2 heterocycles. The van der Waals surface area contributed by atoms with Crippen LogP contribution in [0.5, 0.6) is 0 Å². The van der Waals surface area contributed by atoms with Crippen molar-refractivity contribution in [3.05, 3.63) is 10.8 Å². The van der Waals surface area contributed by atoms with Crippen molar-refractivity contribution in [3.8, 4) is 0 Å². The zero-order valence-electron chi connectivity index (χ0n) is 10.2. The second-order valence-electron chi connectivity index (χ2n) is 4.61. The fourth-order valence-corrected chi connectivity index (χ4v) is 2.84. The molecule has 1 N–H and O–H groups in total. The number of carbonyl (C=O) groups excluding carboxylic acids is 1. The van der Waals surface area contributed by atoms with Crippen LogP contribution in [-0.4, -0.2) is 32.3 Å². The van der Waals surface area contributed by atoms with Crippen LogP contribution in [0.15, 0.2) is 0 Å². The molecule has 0 saturated heterocycles. The van der Waals surface area contributed by atoms with E-state index in [1.165, 1.54) is 17.8 Å². The average molecular weight is 265 g/mol. The summed E-state index contributed by atoms with van der Waals surface area (Å²) < 4.78 is 1.74. The number of hydrogen-bond acceptors (Lipinski definition) is 5. The van der Waals surface area contributed by atoms with E-state index in [0.717, 1.165) is 35.1 Å². The molecular weight excluding hydrogens is 250 g/mol. The Morgan fingerprint density at radius 1 is 1.50 bits per heavy atom. The summed E-state index contributed by atoms with van der Waals surface area (Å²) in [4.78, 5) is 12.4. The topological polar surface area (TPSA) is 72.2 Å². The molecule has 0 atom stereocenters. The van der Waals surface area contributed by atoms with Gasteiger partial charge in [-0.05, 0) is 19.8 Å². The lowest BCUT2D eigenvalue weighted by molar-refractivity contribution is -0.127. The molecule has 3 rings (SSSR count). The zero-order valence-corrected chi connectivity index (χ0v) is 11.0. The van der Waals surface area contributed by atoms with Gasteiger partial charge in [-0.25, -0.2) is 0 Å². The Bertz CT molecular complexity index is 571. The predicted molar refractivity (Wildman–Crippen MR) is 67.5 cm³/mol. The van der Waals surface area contributed by atoms with Crippen molar-refractivity contribution in [2.24, 2.45) is 5.92 Å². The van der Waals surface area contributed by atoms with Gasteiger partial charge in [0.25, 0.3) is 0 Å². The van der Waals surface area contributed by atoms with E-state index in [0.29, 0.717) is 6.54 Å². The lowest BCUT2D eigenvalue weighted by atomic mass is 9.85. The molecule has 2 aromatic rings. The second-order valence-corrected chi connectivity index (χ2v) is 5.65. The smallest absolute Gasteiger partial charge is 0.234 e. The van der Waals surface area contributed by atoms with Crippen LogP contribution in [0, 0.1) is 12.8 Å². The minimum atomic E-state index is 0.195. The lowest BCUT2D eigenvalue weighted by Crippen LogP contribution is -2.35. The first-order chi connectivity index (χ1) is 8.74. The fraction of sp³-hybridized carbons (Fsp3) is 0.636. The third-order valence-electron chi connectivity index (χ3n) is 3.30. The van der Waals surface area contributed by atoms with E-state index < -0.39 is 0 Å². The van der Waals surface area contributed by atoms with Gasteiger partial charge in [0.2, 0.25) is 10.9 Å². The summed E-state index contributed by atoms with van der Waals surface area (Å²) in [5.41, 5.74) is 0. The first-order valence-corrected chi connectivity index (χ1v) is 7.01. The summed E-state index contributed by atoms with van der Waals surface area (Å²) >= 11 is 1.52. The molecule has 1 aliphatic rings. The Morgan fingerprint density at radius 3 is 3.00 bits per heavy atom. The molecule has 0 radical (unpaired) electrons. The van der Waals surface area contributed by atoms with E-state index in [4.69, 9.17) is 0 Å². The number of aromatic nitrogens is 4. The van der Waals surface area contributed by atoms with Crippen LogP contribution in [0.4, 0.5) is 0 Å². The molecule has 6 nitrogen and oxygen atoms in total. The Labute approximate surface area is 108 Å². The van der Waals surface area contributed by atoms with Crippen molar-refractivity contribution in [1.82, 2.24) is 25.1 Å². The summed E-state index contributed by atoms with van der Waals surface area (Å²) in [6.45, 7) is 2.53. The molecule has 0 unspecified atom stereocenters. The van der Waals surface area contributed by atoms with Crippen LogP contribution in [0.1, 0.15) is 30.1 Å². The third-order valence-corrected chi connectivity index (χ3v) is 4.26. The van der Waals surface area contributed by atoms with Gasteiger partial charge in [0.05, 0.1) is 0 Å². The van der Waals surface area contributed by atoms with Crippen molar-refractivity contribution in [2.45, 2.75) is 32.6 Å². The quantitative estimate of drug-likeness (QED) is 0.893. The number of hydrogen-bond donors (Lipinski definition) is 1. The third kappa shape index (κ3) is 2.10. The lowest BCUT2D eigenvalue weighted by Gasteiger charge is -2.23. The summed E-state index contributed by atoms with van der Waals surface area (Å²) in [6, 6.07) is 0. The van der Waals surface area contributed by atoms with E-state index in [2.05, 4.69) is 20.6 Å². The number of carbonyl (C=O) groups is 1. The van der Waals surface area contributed by atoms with E-state index in [1.54, 1.807) is 4.52 Å². The molecule has 1 fully saturated rings. The molecule has 18 heavy (non-hydrogen) atoms. The maximum absolute atomic E-state index is 11.6. The summed E-state index contributed by atoms with van der Waals surface area (Å²) in [7, 11) is 0. The number of amides is 1. The fourth-order valence-electron chi connectivity index (χ4n) is 1.96. The minimum Gasteiger partial charge on any atom is -0.355 e. The number of rotatable bonds is 4. The number of aryl methyl sites for hydroxylation is 1. The zero-order chi connectivity index (χ0) is 12.5. The van der Waals surface area contributed by atoms with E-state index in [-0.39, 0.29) is 11.8 Å². The van der Waals surface area contributed by atoms with Gasteiger partial charge in [0, 0.05) is 18.9 Å². The highest BCUT2D eigenvalue weighted by Crippen LogP contribution is 2.26. The highest BCUT2D eigenvalue weighted by atomic mass is 32.1. The second kappa shape index (κ2) is 4.64. The Hall–Kier alpha value is -1.50. The highest BCUT2D eigenvalue weighted by Gasteiger charge is 2.24. The summed E-state index contributed by atoms with van der Waals surface area (Å²) in [5.74, 6) is 1.25. The van der Waals surface area contributed by atoms with Gasteiger partial charge >= 0.3 is 0 Å². The molecule has 7 heteroatoms. The van der Waals surface area contributed by atoms with Crippen molar-refractivity contribution >= 4 is 22.2 Å². The largest absolute Gasteiger partial charge is 0.355 e. The van der Waals surface area contributed by atoms with Crippen LogP contribution >= 0.6 is 11.3 Å². The average Bonchev–Trinajstić information content (AvgIpc) is 2.79. The van der Waals surface area contributed by atoms with Crippen LogP contribution in [0.2, 0.25) is 0 Å². The van der Waals surface area contributed by atoms with Gasteiger partial charge < -0.3 is 5.32 Å². The molecule has 0 bridgehead atoms. The first kappa shape index (κ1) is 11.6. The Balaban J connectivity index is 1.54. The molecule has 96 valence electrons. The van der Waals surface area contributed by atoms with E-state index >= 15 is 0 Å². The van der Waals surface area contributed by atoms with E-state index in [9.17, 15) is 4.79 Å². The van der Waals surface area contributed by atoms with Crippen molar-refractivity contribution in [3.63, 3.8) is 0 Å². The Kier molecular flexibility index (Phi) is 2.99. The number of fused-ring (bicyclic) bond motifs is 1. The normalized spacial score (nSPS) is 15.8. The van der Waals surface area contributed by atoms with Gasteiger partial charge in [-0.15, -0.1) is 10.2 Å². The van der Waals surface area contributed by atoms with Crippen molar-refractivity contribution < 1.29 is 4.79 Å². The van der Waals surface area contributed by atoms with Crippen LogP contribution in [0.25, 0.3) is 4.96 Å². The van der Waals surface area contributed by atoms with Gasteiger partial charge in [-0.1, -0.05) is 17.8 Å². The van der Waals surface area contributed by atoms with Gasteiger partial charge in [0.15, 0.2) is 5.82 Å². The maximum atomic E-state index is 11.6. The minimum absolute atomic E-state index is 0.195. The van der Waals surface area contributed by atoms with Crippen LogP contribution < -0.4 is 5.32 Å². The molecule has 0 aliphatic heterocycles. The van der Waals surface area contributed by atoms with Gasteiger partial charge in [0.1, 0.15) is 5.01 Å². The monoisotopic (exact) mass is 265 g/mol. The highest BCUT2D eigenvalue weighted by molar-refractivity contribution is 7.16. The first-order valence-electron chi connectivity index (χ1n) is 6.19. The van der Waals surface area contributed by atoms with Crippen molar-refractivity contribution in [2.75, 3.05) is 6.54 Å². The predicted octanol–water partition coefficient (Wildman–Crippen LogP) is 0.953. The van der Waals surface area contributed by atoms with Gasteiger partial charge in [-0.3, -0.25) is 4.79 Å². The molecule has 1 saturated carbocycles. The number of nitrogens with zero attached hydrogens (tertiary/aromatic N) is 4. The van der Waals surface area contributed by atoms with Gasteiger partial charge in [-0.2, -0.15) is 9.61 Å². The summed E-state index contributed by atoms with van der Waals surface area (Å²) in [5, 5.41) is 16.3. The summed E-state index contributed by atoms with van der Waals surface area (Å²) in [6.07, 6.45) is 4.03.